The second kappa shape index (κ2) is 5.76. The minimum Gasteiger partial charge on any atom is -0.477 e. The molecule has 2 aromatic carbocycles. The molecular weight excluding hydrogens is 333 g/mol. The van der Waals surface area contributed by atoms with Crippen molar-refractivity contribution in [2.75, 3.05) is 6.26 Å². The first-order valence-electron chi connectivity index (χ1n) is 7.06. The van der Waals surface area contributed by atoms with Gasteiger partial charge in [0.05, 0.1) is 11.3 Å². The van der Waals surface area contributed by atoms with Crippen molar-refractivity contribution in [1.82, 2.24) is 4.57 Å². The van der Waals surface area contributed by atoms with Crippen LogP contribution in [0.25, 0.3) is 16.6 Å². The first-order valence-corrected chi connectivity index (χ1v) is 9.12. The third-order valence-corrected chi connectivity index (χ3v) is 4.48. The van der Waals surface area contributed by atoms with Gasteiger partial charge in [0.2, 0.25) is 0 Å². The van der Waals surface area contributed by atoms with Crippen LogP contribution in [0.5, 0.6) is 0 Å². The highest BCUT2D eigenvalue weighted by molar-refractivity contribution is 7.89. The summed E-state index contributed by atoms with van der Waals surface area (Å²) in [5.41, 5.74) is 1.01. The molecule has 24 heavy (non-hydrogen) atoms. The molecule has 0 radical (unpaired) electrons. The van der Waals surface area contributed by atoms with Gasteiger partial charge in [0.25, 0.3) is 0 Å². The van der Waals surface area contributed by atoms with Crippen molar-refractivity contribution in [2.24, 2.45) is 0 Å². The largest absolute Gasteiger partial charge is 0.477 e. The average Bonchev–Trinajstić information content (AvgIpc) is 2.88. The van der Waals surface area contributed by atoms with E-state index in [4.69, 9.17) is 0 Å². The number of carboxylic acids is 1. The second-order valence-corrected chi connectivity index (χ2v) is 7.71. The van der Waals surface area contributed by atoms with Crippen LogP contribution in [0.15, 0.2) is 48.5 Å². The number of nitrogens with zero attached hydrogens (tertiary/aromatic N) is 1. The van der Waals surface area contributed by atoms with Gasteiger partial charge < -0.3 is 9.67 Å². The number of aromatic carboxylic acids is 1. The van der Waals surface area contributed by atoms with Crippen LogP contribution >= 0.6 is 0 Å². The number of rotatable bonds is 4. The summed E-state index contributed by atoms with van der Waals surface area (Å²) in [6, 6.07) is 12.6. The zero-order valence-electron chi connectivity index (χ0n) is 12.7. The van der Waals surface area contributed by atoms with E-state index in [0.717, 1.165) is 17.7 Å². The molecule has 0 fully saturated rings. The third-order valence-electron chi connectivity index (χ3n) is 3.64. The van der Waals surface area contributed by atoms with Gasteiger partial charge in [-0.3, -0.25) is 0 Å². The molecule has 3 aromatic rings. The lowest BCUT2D eigenvalue weighted by molar-refractivity contribution is 0.0688. The number of sulfone groups is 1. The van der Waals surface area contributed by atoms with Gasteiger partial charge in [-0.1, -0.05) is 24.3 Å². The smallest absolute Gasteiger partial charge is 0.352 e. The molecule has 0 spiro atoms. The summed E-state index contributed by atoms with van der Waals surface area (Å²) in [7, 11) is -3.36. The second-order valence-electron chi connectivity index (χ2n) is 5.57. The fourth-order valence-corrected chi connectivity index (χ4v) is 3.46. The Bertz CT molecular complexity index is 1050. The Labute approximate surface area is 137 Å². The molecule has 1 heterocycles. The minimum atomic E-state index is -3.36. The standard InChI is InChI=1S/C17H14FNO4S/c1-24(22,23)10-12-6-7-13(9-14(12)18)19-15-5-3-2-4-11(15)8-16(19)17(20)21/h2-9H,10H2,1H3,(H,20,21). The maximum Gasteiger partial charge on any atom is 0.352 e. The lowest BCUT2D eigenvalue weighted by Crippen LogP contribution is -2.08. The molecule has 0 amide bonds. The number of carboxylic acid groups (broad SMARTS) is 1. The van der Waals surface area contributed by atoms with Gasteiger partial charge in [-0.2, -0.15) is 0 Å². The normalized spacial score (nSPS) is 11.8. The van der Waals surface area contributed by atoms with E-state index < -0.39 is 27.4 Å². The van der Waals surface area contributed by atoms with Crippen molar-refractivity contribution in [3.8, 4) is 5.69 Å². The summed E-state index contributed by atoms with van der Waals surface area (Å²) >= 11 is 0. The number of fused-ring (bicyclic) bond motifs is 1. The van der Waals surface area contributed by atoms with Crippen LogP contribution in [0, 0.1) is 5.82 Å². The Kier molecular flexibility index (Phi) is 3.88. The predicted molar refractivity (Wildman–Crippen MR) is 88.7 cm³/mol. The summed E-state index contributed by atoms with van der Waals surface area (Å²) in [4.78, 5) is 11.5. The molecule has 0 aliphatic heterocycles. The van der Waals surface area contributed by atoms with Gasteiger partial charge in [0, 0.05) is 22.9 Å². The van der Waals surface area contributed by atoms with E-state index in [1.807, 2.05) is 0 Å². The monoisotopic (exact) mass is 347 g/mol. The van der Waals surface area contributed by atoms with Gasteiger partial charge in [0.1, 0.15) is 11.5 Å². The van der Waals surface area contributed by atoms with Crippen molar-refractivity contribution in [1.29, 1.82) is 0 Å². The van der Waals surface area contributed by atoms with Crippen LogP contribution < -0.4 is 0 Å². The number of halogens is 1. The number of hydrogen-bond acceptors (Lipinski definition) is 3. The Balaban J connectivity index is 2.19. The molecule has 0 saturated carbocycles. The van der Waals surface area contributed by atoms with E-state index in [9.17, 15) is 22.7 Å². The summed E-state index contributed by atoms with van der Waals surface area (Å²) in [5, 5.41) is 10.1. The molecular formula is C17H14FNO4S. The molecule has 124 valence electrons. The highest BCUT2D eigenvalue weighted by Gasteiger charge is 2.17. The highest BCUT2D eigenvalue weighted by Crippen LogP contribution is 2.26. The van der Waals surface area contributed by atoms with Crippen molar-refractivity contribution in [3.05, 3.63) is 65.6 Å². The Morgan fingerprint density at radius 2 is 1.88 bits per heavy atom. The van der Waals surface area contributed by atoms with Gasteiger partial charge in [-0.25, -0.2) is 17.6 Å². The zero-order chi connectivity index (χ0) is 17.5. The van der Waals surface area contributed by atoms with E-state index >= 15 is 0 Å². The van der Waals surface area contributed by atoms with Crippen LogP contribution in [0.2, 0.25) is 0 Å². The maximum absolute atomic E-state index is 14.3. The van der Waals surface area contributed by atoms with E-state index in [2.05, 4.69) is 0 Å². The fourth-order valence-electron chi connectivity index (χ4n) is 2.67. The summed E-state index contributed by atoms with van der Waals surface area (Å²) < 4.78 is 38.4. The average molecular weight is 347 g/mol. The van der Waals surface area contributed by atoms with E-state index in [1.165, 1.54) is 22.8 Å². The number of hydrogen-bond donors (Lipinski definition) is 1. The Hall–Kier alpha value is -2.67. The summed E-state index contributed by atoms with van der Waals surface area (Å²) in [5.74, 6) is -2.23. The number of para-hydroxylation sites is 1. The summed E-state index contributed by atoms with van der Waals surface area (Å²) in [6.45, 7) is 0. The van der Waals surface area contributed by atoms with Gasteiger partial charge in [-0.05, 0) is 24.3 Å². The van der Waals surface area contributed by atoms with Crippen molar-refractivity contribution in [3.63, 3.8) is 0 Å². The highest BCUT2D eigenvalue weighted by atomic mass is 32.2. The van der Waals surface area contributed by atoms with Crippen LogP contribution in [-0.4, -0.2) is 30.3 Å². The SMILES string of the molecule is CS(=O)(=O)Cc1ccc(-n2c(C(=O)O)cc3ccccc32)cc1F. The molecule has 0 aliphatic carbocycles. The molecule has 3 rings (SSSR count). The Morgan fingerprint density at radius 3 is 2.50 bits per heavy atom. The van der Waals surface area contributed by atoms with Gasteiger partial charge >= 0.3 is 5.97 Å². The van der Waals surface area contributed by atoms with E-state index in [-0.39, 0.29) is 11.3 Å². The Morgan fingerprint density at radius 1 is 1.17 bits per heavy atom. The summed E-state index contributed by atoms with van der Waals surface area (Å²) in [6.07, 6.45) is 1.03. The number of benzene rings is 2. The molecule has 0 unspecified atom stereocenters. The first kappa shape index (κ1) is 16.2. The number of carbonyl (C=O) groups is 1. The van der Waals surface area contributed by atoms with Crippen molar-refractivity contribution >= 4 is 26.7 Å². The minimum absolute atomic E-state index is 0.00598. The van der Waals surface area contributed by atoms with Crippen molar-refractivity contribution < 1.29 is 22.7 Å². The van der Waals surface area contributed by atoms with Crippen LogP contribution in [-0.2, 0) is 15.6 Å². The number of aromatic nitrogens is 1. The van der Waals surface area contributed by atoms with Gasteiger partial charge in [0.15, 0.2) is 9.84 Å². The van der Waals surface area contributed by atoms with Crippen molar-refractivity contribution in [2.45, 2.75) is 5.75 Å². The fraction of sp³-hybridized carbons (Fsp3) is 0.118. The molecule has 0 saturated heterocycles. The lowest BCUT2D eigenvalue weighted by atomic mass is 10.2. The van der Waals surface area contributed by atoms with Gasteiger partial charge in [-0.15, -0.1) is 0 Å². The quantitative estimate of drug-likeness (QED) is 0.787. The topological polar surface area (TPSA) is 76.4 Å². The molecule has 5 nitrogen and oxygen atoms in total. The molecule has 1 aromatic heterocycles. The van der Waals surface area contributed by atoms with E-state index in [0.29, 0.717) is 11.2 Å². The molecule has 7 heteroatoms. The van der Waals surface area contributed by atoms with Crippen LogP contribution in [0.3, 0.4) is 0 Å². The molecule has 0 bridgehead atoms. The first-order chi connectivity index (χ1) is 11.3. The molecule has 1 N–H and O–H groups in total. The van der Waals surface area contributed by atoms with Crippen LogP contribution in [0.1, 0.15) is 16.1 Å². The maximum atomic E-state index is 14.3. The molecule has 0 aliphatic rings. The van der Waals surface area contributed by atoms with E-state index in [1.54, 1.807) is 24.3 Å². The predicted octanol–water partition coefficient (Wildman–Crippen LogP) is 3.01. The van der Waals surface area contributed by atoms with Crippen LogP contribution in [0.4, 0.5) is 4.39 Å². The zero-order valence-corrected chi connectivity index (χ0v) is 13.5. The third kappa shape index (κ3) is 3.03. The lowest BCUT2D eigenvalue weighted by Gasteiger charge is -2.10. The molecule has 0 atom stereocenters.